The van der Waals surface area contributed by atoms with E-state index in [-0.39, 0.29) is 11.8 Å². The first-order valence-corrected chi connectivity index (χ1v) is 9.60. The van der Waals surface area contributed by atoms with E-state index in [4.69, 9.17) is 0 Å². The van der Waals surface area contributed by atoms with Gasteiger partial charge in [0.2, 0.25) is 11.8 Å². The normalized spacial score (nSPS) is 25.3. The molecule has 2 aliphatic heterocycles. The molecule has 0 bridgehead atoms. The number of rotatable bonds is 5. The second-order valence-corrected chi connectivity index (χ2v) is 7.56. The molecule has 1 saturated carbocycles. The molecule has 136 valence electrons. The van der Waals surface area contributed by atoms with Crippen LogP contribution in [-0.2, 0) is 9.59 Å². The zero-order valence-corrected chi connectivity index (χ0v) is 14.7. The Morgan fingerprint density at radius 3 is 2.33 bits per heavy atom. The topological polar surface area (TPSA) is 64.1 Å². The molecule has 6 nitrogen and oxygen atoms in total. The van der Waals surface area contributed by atoms with E-state index in [9.17, 15) is 14.7 Å². The van der Waals surface area contributed by atoms with Gasteiger partial charge in [0, 0.05) is 58.2 Å². The van der Waals surface area contributed by atoms with Crippen molar-refractivity contribution in [3.05, 3.63) is 0 Å². The Hall–Kier alpha value is -1.14. The minimum Gasteiger partial charge on any atom is -0.390 e. The van der Waals surface area contributed by atoms with Crippen molar-refractivity contribution in [2.45, 2.75) is 51.0 Å². The summed E-state index contributed by atoms with van der Waals surface area (Å²) in [6.45, 7) is 5.00. The van der Waals surface area contributed by atoms with Gasteiger partial charge >= 0.3 is 0 Å². The summed E-state index contributed by atoms with van der Waals surface area (Å²) in [6, 6.07) is 0. The van der Waals surface area contributed by atoms with Gasteiger partial charge in [0.1, 0.15) is 0 Å². The fourth-order valence-corrected chi connectivity index (χ4v) is 4.27. The number of nitrogens with zero attached hydrogens (tertiary/aromatic N) is 3. The zero-order valence-electron chi connectivity index (χ0n) is 14.7. The van der Waals surface area contributed by atoms with Gasteiger partial charge in [-0.1, -0.05) is 19.3 Å². The number of β-amino-alcohol motifs (C(OH)–C–C–N with tert-alkyl or cyclic N) is 1. The summed E-state index contributed by atoms with van der Waals surface area (Å²) in [5.41, 5.74) is 0. The molecule has 2 saturated heterocycles. The lowest BCUT2D eigenvalue weighted by molar-refractivity contribution is -0.138. The van der Waals surface area contributed by atoms with Crippen LogP contribution < -0.4 is 0 Å². The van der Waals surface area contributed by atoms with Crippen molar-refractivity contribution in [1.29, 1.82) is 0 Å². The molecule has 0 radical (unpaired) electrons. The van der Waals surface area contributed by atoms with Crippen LogP contribution in [0.15, 0.2) is 0 Å². The molecule has 1 N–H and O–H groups in total. The zero-order chi connectivity index (χ0) is 16.9. The van der Waals surface area contributed by atoms with Crippen LogP contribution in [0.3, 0.4) is 0 Å². The average Bonchev–Trinajstić information content (AvgIpc) is 3.00. The van der Waals surface area contributed by atoms with E-state index in [1.807, 2.05) is 4.90 Å². The number of carbonyl (C=O) groups is 2. The lowest BCUT2D eigenvalue weighted by Gasteiger charge is -2.38. The predicted molar refractivity (Wildman–Crippen MR) is 91.4 cm³/mol. The monoisotopic (exact) mass is 337 g/mol. The van der Waals surface area contributed by atoms with Crippen LogP contribution in [0, 0.1) is 5.92 Å². The van der Waals surface area contributed by atoms with Crippen molar-refractivity contribution in [3.63, 3.8) is 0 Å². The molecule has 0 aromatic rings. The van der Waals surface area contributed by atoms with Crippen LogP contribution in [0.2, 0.25) is 0 Å². The quantitative estimate of drug-likeness (QED) is 0.802. The van der Waals surface area contributed by atoms with Crippen molar-refractivity contribution >= 4 is 11.8 Å². The van der Waals surface area contributed by atoms with Gasteiger partial charge in [0.25, 0.3) is 0 Å². The van der Waals surface area contributed by atoms with Gasteiger partial charge in [-0.2, -0.15) is 0 Å². The highest BCUT2D eigenvalue weighted by molar-refractivity contribution is 5.79. The van der Waals surface area contributed by atoms with Crippen LogP contribution in [0.5, 0.6) is 0 Å². The number of carbonyl (C=O) groups excluding carboxylic acids is 2. The fraction of sp³-hybridized carbons (Fsp3) is 0.889. The van der Waals surface area contributed by atoms with Gasteiger partial charge in [-0.25, -0.2) is 0 Å². The second-order valence-electron chi connectivity index (χ2n) is 7.56. The van der Waals surface area contributed by atoms with E-state index < -0.39 is 6.10 Å². The van der Waals surface area contributed by atoms with Gasteiger partial charge in [-0.05, 0) is 19.3 Å². The highest BCUT2D eigenvalue weighted by atomic mass is 16.3. The summed E-state index contributed by atoms with van der Waals surface area (Å²) >= 11 is 0. The van der Waals surface area contributed by atoms with Gasteiger partial charge in [0.15, 0.2) is 0 Å². The number of amides is 2. The molecule has 24 heavy (non-hydrogen) atoms. The van der Waals surface area contributed by atoms with Crippen LogP contribution in [0.1, 0.15) is 44.9 Å². The molecule has 1 atom stereocenters. The Balaban J connectivity index is 1.38. The van der Waals surface area contributed by atoms with E-state index >= 15 is 0 Å². The maximum atomic E-state index is 12.6. The smallest absolute Gasteiger partial charge is 0.225 e. The number of aliphatic hydroxyl groups excluding tert-OH is 1. The van der Waals surface area contributed by atoms with Crippen LogP contribution in [0.4, 0.5) is 0 Å². The largest absolute Gasteiger partial charge is 0.390 e. The number of hydrogen-bond acceptors (Lipinski definition) is 4. The summed E-state index contributed by atoms with van der Waals surface area (Å²) < 4.78 is 0. The molecule has 3 fully saturated rings. The van der Waals surface area contributed by atoms with Gasteiger partial charge in [-0.3, -0.25) is 14.5 Å². The molecule has 0 aromatic carbocycles. The summed E-state index contributed by atoms with van der Waals surface area (Å²) in [5.74, 6) is 0.756. The highest BCUT2D eigenvalue weighted by Crippen LogP contribution is 2.25. The van der Waals surface area contributed by atoms with E-state index in [1.165, 1.54) is 19.3 Å². The third-order valence-electron chi connectivity index (χ3n) is 5.71. The molecule has 3 rings (SSSR count). The molecule has 3 aliphatic rings. The molecule has 0 aromatic heterocycles. The molecule has 0 spiro atoms. The lowest BCUT2D eigenvalue weighted by Crippen LogP contribution is -2.52. The van der Waals surface area contributed by atoms with Gasteiger partial charge < -0.3 is 14.9 Å². The number of piperazine rings is 1. The highest BCUT2D eigenvalue weighted by Gasteiger charge is 2.29. The third kappa shape index (κ3) is 4.48. The Labute approximate surface area is 144 Å². The molecule has 2 amide bonds. The number of hydrogen-bond donors (Lipinski definition) is 1. The Bertz CT molecular complexity index is 443. The summed E-state index contributed by atoms with van der Waals surface area (Å²) in [7, 11) is 0. The average molecular weight is 337 g/mol. The van der Waals surface area contributed by atoms with Crippen molar-refractivity contribution in [3.8, 4) is 0 Å². The van der Waals surface area contributed by atoms with E-state index in [2.05, 4.69) is 4.90 Å². The SMILES string of the molecule is O=C1CCCN1CC(O)CN1CCN(C(=O)C2CCCCC2)CC1. The molecular weight excluding hydrogens is 306 g/mol. The second kappa shape index (κ2) is 8.30. The minimum atomic E-state index is -0.493. The molecule has 1 unspecified atom stereocenters. The van der Waals surface area contributed by atoms with Crippen molar-refractivity contribution < 1.29 is 14.7 Å². The van der Waals surface area contributed by atoms with Crippen LogP contribution >= 0.6 is 0 Å². The predicted octanol–water partition coefficient (Wildman–Crippen LogP) is 0.694. The number of aliphatic hydroxyl groups is 1. The van der Waals surface area contributed by atoms with Crippen LogP contribution in [-0.4, -0.2) is 83.5 Å². The molecule has 6 heteroatoms. The van der Waals surface area contributed by atoms with Gasteiger partial charge in [0.05, 0.1) is 6.10 Å². The van der Waals surface area contributed by atoms with Crippen molar-refractivity contribution in [1.82, 2.24) is 14.7 Å². The van der Waals surface area contributed by atoms with Crippen molar-refractivity contribution in [2.75, 3.05) is 45.8 Å². The first kappa shape index (κ1) is 17.7. The summed E-state index contributed by atoms with van der Waals surface area (Å²) in [4.78, 5) is 30.2. The minimum absolute atomic E-state index is 0.164. The van der Waals surface area contributed by atoms with E-state index in [1.54, 1.807) is 4.90 Å². The fourth-order valence-electron chi connectivity index (χ4n) is 4.27. The first-order valence-electron chi connectivity index (χ1n) is 9.60. The van der Waals surface area contributed by atoms with Gasteiger partial charge in [-0.15, -0.1) is 0 Å². The Kier molecular flexibility index (Phi) is 6.11. The van der Waals surface area contributed by atoms with E-state index in [0.29, 0.717) is 25.4 Å². The van der Waals surface area contributed by atoms with E-state index in [0.717, 1.165) is 52.0 Å². The maximum absolute atomic E-state index is 12.6. The maximum Gasteiger partial charge on any atom is 0.225 e. The third-order valence-corrected chi connectivity index (χ3v) is 5.71. The summed E-state index contributed by atoms with van der Waals surface area (Å²) in [6.07, 6.45) is 6.81. The van der Waals surface area contributed by atoms with Crippen molar-refractivity contribution in [2.24, 2.45) is 5.92 Å². The Morgan fingerprint density at radius 1 is 1.00 bits per heavy atom. The Morgan fingerprint density at radius 2 is 1.71 bits per heavy atom. The molecular formula is C18H31N3O3. The standard InChI is InChI=1S/C18H31N3O3/c22-16(14-21-8-4-7-17(21)23)13-19-9-11-20(12-10-19)18(24)15-5-2-1-3-6-15/h15-16,22H,1-14H2. The first-order chi connectivity index (χ1) is 11.6. The lowest BCUT2D eigenvalue weighted by atomic mass is 9.88. The summed E-state index contributed by atoms with van der Waals surface area (Å²) in [5, 5.41) is 10.2. The molecule has 1 aliphatic carbocycles. The molecule has 2 heterocycles. The van der Waals surface area contributed by atoms with Crippen LogP contribution in [0.25, 0.3) is 0 Å². The number of likely N-dealkylation sites (tertiary alicyclic amines) is 1.